The highest BCUT2D eigenvalue weighted by Gasteiger charge is 2.21. The quantitative estimate of drug-likeness (QED) is 0.321. The Labute approximate surface area is 107 Å². The van der Waals surface area contributed by atoms with Gasteiger partial charge >= 0.3 is 0 Å². The third-order valence-corrected chi connectivity index (χ3v) is 2.89. The first-order valence-electron chi connectivity index (χ1n) is 5.92. The highest BCUT2D eigenvalue weighted by molar-refractivity contribution is 5.91. The van der Waals surface area contributed by atoms with Crippen LogP contribution in [0.4, 0.5) is 0 Å². The van der Waals surface area contributed by atoms with Crippen molar-refractivity contribution in [1.82, 2.24) is 5.32 Å². The Kier molecular flexibility index (Phi) is 5.17. The van der Waals surface area contributed by atoms with E-state index in [-0.39, 0.29) is 17.7 Å². The minimum Gasteiger partial charge on any atom is -0.409 e. The summed E-state index contributed by atoms with van der Waals surface area (Å²) in [6.07, 6.45) is 0.740. The predicted molar refractivity (Wildman–Crippen MR) is 70.2 cm³/mol. The molecule has 0 aliphatic heterocycles. The molecule has 5 heteroatoms. The molecule has 0 aromatic heterocycles. The molecule has 0 aliphatic carbocycles. The molecule has 1 amide bonds. The molecule has 1 aromatic carbocycles. The van der Waals surface area contributed by atoms with Crippen LogP contribution in [0.5, 0.6) is 0 Å². The van der Waals surface area contributed by atoms with Gasteiger partial charge in [-0.25, -0.2) is 0 Å². The van der Waals surface area contributed by atoms with Crippen molar-refractivity contribution in [3.63, 3.8) is 0 Å². The van der Waals surface area contributed by atoms with Crippen molar-refractivity contribution in [2.24, 2.45) is 16.8 Å². The molecule has 2 unspecified atom stereocenters. The minimum atomic E-state index is -0.599. The highest BCUT2D eigenvalue weighted by atomic mass is 16.4. The van der Waals surface area contributed by atoms with Gasteiger partial charge in [-0.3, -0.25) is 4.79 Å². The van der Waals surface area contributed by atoms with E-state index in [4.69, 9.17) is 10.9 Å². The number of amides is 1. The molecule has 0 spiro atoms. The lowest BCUT2D eigenvalue weighted by molar-refractivity contribution is -0.124. The smallest absolute Gasteiger partial charge is 0.223 e. The number of rotatable bonds is 5. The zero-order valence-corrected chi connectivity index (χ0v) is 10.6. The second-order valence-electron chi connectivity index (χ2n) is 4.19. The maximum atomic E-state index is 11.9. The summed E-state index contributed by atoms with van der Waals surface area (Å²) in [4.78, 5) is 11.9. The molecule has 0 heterocycles. The van der Waals surface area contributed by atoms with Crippen LogP contribution in [0.3, 0.4) is 0 Å². The Hall–Kier alpha value is -2.04. The lowest BCUT2D eigenvalue weighted by Gasteiger charge is -2.19. The van der Waals surface area contributed by atoms with Crippen molar-refractivity contribution in [3.05, 3.63) is 35.9 Å². The van der Waals surface area contributed by atoms with E-state index in [9.17, 15) is 4.79 Å². The van der Waals surface area contributed by atoms with Gasteiger partial charge in [-0.2, -0.15) is 0 Å². The van der Waals surface area contributed by atoms with Crippen LogP contribution in [0.15, 0.2) is 35.5 Å². The van der Waals surface area contributed by atoms with Crippen molar-refractivity contribution < 1.29 is 10.0 Å². The number of hydrogen-bond donors (Lipinski definition) is 3. The molecule has 0 bridgehead atoms. The zero-order chi connectivity index (χ0) is 13.5. The van der Waals surface area contributed by atoms with Gasteiger partial charge in [0.25, 0.3) is 0 Å². The number of nitrogens with zero attached hydrogens (tertiary/aromatic N) is 1. The van der Waals surface area contributed by atoms with E-state index in [2.05, 4.69) is 10.5 Å². The number of carbonyl (C=O) groups is 1. The summed E-state index contributed by atoms with van der Waals surface area (Å²) in [5.74, 6) is -0.251. The first-order chi connectivity index (χ1) is 8.60. The fourth-order valence-electron chi connectivity index (χ4n) is 1.50. The molecule has 0 saturated heterocycles. The number of nitrogens with two attached hydrogens (primary N) is 1. The second-order valence-corrected chi connectivity index (χ2v) is 4.19. The Morgan fingerprint density at radius 2 is 2.06 bits per heavy atom. The molecule has 2 atom stereocenters. The number of hydrogen-bond acceptors (Lipinski definition) is 3. The van der Waals surface area contributed by atoms with E-state index in [1.807, 2.05) is 44.2 Å². The zero-order valence-electron chi connectivity index (χ0n) is 10.6. The molecular formula is C13H19N3O2. The van der Waals surface area contributed by atoms with Gasteiger partial charge in [0.15, 0.2) is 5.84 Å². The van der Waals surface area contributed by atoms with E-state index < -0.39 is 6.04 Å². The Balaban J connectivity index is 2.91. The van der Waals surface area contributed by atoms with Gasteiger partial charge in [-0.05, 0) is 12.0 Å². The molecule has 5 nitrogen and oxygen atoms in total. The summed E-state index contributed by atoms with van der Waals surface area (Å²) in [5, 5.41) is 14.5. The lowest BCUT2D eigenvalue weighted by atomic mass is 10.0. The van der Waals surface area contributed by atoms with Crippen molar-refractivity contribution in [1.29, 1.82) is 0 Å². The summed E-state index contributed by atoms with van der Waals surface area (Å²) in [6, 6.07) is 8.57. The van der Waals surface area contributed by atoms with Crippen molar-refractivity contribution >= 4 is 11.7 Å². The Morgan fingerprint density at radius 3 is 2.56 bits per heavy atom. The lowest BCUT2D eigenvalue weighted by Crippen LogP contribution is -2.40. The maximum Gasteiger partial charge on any atom is 0.223 e. The van der Waals surface area contributed by atoms with Crippen LogP contribution in [-0.2, 0) is 4.79 Å². The van der Waals surface area contributed by atoms with Crippen molar-refractivity contribution in [2.45, 2.75) is 26.3 Å². The van der Waals surface area contributed by atoms with E-state index in [1.165, 1.54) is 0 Å². The third-order valence-electron chi connectivity index (χ3n) is 2.89. The van der Waals surface area contributed by atoms with Crippen LogP contribution in [0.2, 0.25) is 0 Å². The Bertz CT molecular complexity index is 418. The summed E-state index contributed by atoms with van der Waals surface area (Å²) in [5.41, 5.74) is 6.41. The number of oxime groups is 1. The minimum absolute atomic E-state index is 0.0298. The van der Waals surface area contributed by atoms with Gasteiger partial charge in [0, 0.05) is 5.92 Å². The molecule has 4 N–H and O–H groups in total. The van der Waals surface area contributed by atoms with Crippen LogP contribution in [0.1, 0.15) is 31.9 Å². The molecule has 0 radical (unpaired) electrons. The van der Waals surface area contributed by atoms with Gasteiger partial charge in [-0.1, -0.05) is 49.3 Å². The molecule has 18 heavy (non-hydrogen) atoms. The van der Waals surface area contributed by atoms with Crippen LogP contribution >= 0.6 is 0 Å². The monoisotopic (exact) mass is 249 g/mol. The predicted octanol–water partition coefficient (Wildman–Crippen LogP) is 1.64. The molecule has 1 rings (SSSR count). The molecular weight excluding hydrogens is 230 g/mol. The molecule has 0 fully saturated rings. The summed E-state index contributed by atoms with van der Waals surface area (Å²) in [7, 11) is 0. The standard InChI is InChI=1S/C13H19N3O2/c1-3-9(2)13(17)15-11(12(14)16-18)10-7-5-4-6-8-10/h4-9,11,18H,3H2,1-2H3,(H2,14,16)(H,15,17). The first kappa shape index (κ1) is 14.0. The van der Waals surface area contributed by atoms with E-state index >= 15 is 0 Å². The van der Waals surface area contributed by atoms with Gasteiger partial charge in [-0.15, -0.1) is 0 Å². The average Bonchev–Trinajstić information content (AvgIpc) is 2.43. The van der Waals surface area contributed by atoms with E-state index in [0.29, 0.717) is 0 Å². The van der Waals surface area contributed by atoms with Crippen molar-refractivity contribution in [2.75, 3.05) is 0 Å². The van der Waals surface area contributed by atoms with Crippen LogP contribution in [-0.4, -0.2) is 17.0 Å². The maximum absolute atomic E-state index is 11.9. The van der Waals surface area contributed by atoms with Gasteiger partial charge in [0.2, 0.25) is 5.91 Å². The fourth-order valence-corrected chi connectivity index (χ4v) is 1.50. The van der Waals surface area contributed by atoms with Crippen LogP contribution < -0.4 is 11.1 Å². The molecule has 1 aromatic rings. The normalized spacial score (nSPS) is 14.9. The van der Waals surface area contributed by atoms with Crippen LogP contribution in [0.25, 0.3) is 0 Å². The van der Waals surface area contributed by atoms with Gasteiger partial charge in [0.1, 0.15) is 6.04 Å². The molecule has 98 valence electrons. The summed E-state index contributed by atoms with van der Waals surface area (Å²) < 4.78 is 0. The topological polar surface area (TPSA) is 87.7 Å². The molecule has 0 aliphatic rings. The number of amidine groups is 1. The number of nitrogens with one attached hydrogen (secondary N) is 1. The Morgan fingerprint density at radius 1 is 1.44 bits per heavy atom. The largest absolute Gasteiger partial charge is 0.409 e. The SMILES string of the molecule is CCC(C)C(=O)NC(/C(N)=N/O)c1ccccc1. The molecule has 0 saturated carbocycles. The van der Waals surface area contributed by atoms with Crippen molar-refractivity contribution in [3.8, 4) is 0 Å². The summed E-state index contributed by atoms with van der Waals surface area (Å²) in [6.45, 7) is 3.77. The van der Waals surface area contributed by atoms with Gasteiger partial charge in [0.05, 0.1) is 0 Å². The van der Waals surface area contributed by atoms with Crippen LogP contribution in [0, 0.1) is 5.92 Å². The van der Waals surface area contributed by atoms with E-state index in [0.717, 1.165) is 12.0 Å². The first-order valence-corrected chi connectivity index (χ1v) is 5.92. The fraction of sp³-hybridized carbons (Fsp3) is 0.385. The highest BCUT2D eigenvalue weighted by Crippen LogP contribution is 2.14. The number of benzene rings is 1. The van der Waals surface area contributed by atoms with Gasteiger partial charge < -0.3 is 16.3 Å². The third kappa shape index (κ3) is 3.48. The number of carbonyl (C=O) groups excluding carboxylic acids is 1. The summed E-state index contributed by atoms with van der Waals surface area (Å²) >= 11 is 0. The average molecular weight is 249 g/mol. The van der Waals surface area contributed by atoms with E-state index in [1.54, 1.807) is 0 Å². The second kappa shape index (κ2) is 6.64.